The van der Waals surface area contributed by atoms with Gasteiger partial charge in [-0.2, -0.15) is 4.98 Å². The third-order valence-electron chi connectivity index (χ3n) is 1.88. The van der Waals surface area contributed by atoms with Crippen LogP contribution in [0.25, 0.3) is 0 Å². The van der Waals surface area contributed by atoms with Crippen molar-refractivity contribution in [1.82, 2.24) is 20.3 Å². The molecule has 0 atom stereocenters. The molecule has 0 spiro atoms. The largest absolute Gasteiger partial charge is 0.360 e. The van der Waals surface area contributed by atoms with Crippen LogP contribution in [0.2, 0.25) is 0 Å². The van der Waals surface area contributed by atoms with Crippen LogP contribution in [0.1, 0.15) is 25.6 Å². The van der Waals surface area contributed by atoms with Gasteiger partial charge in [-0.25, -0.2) is 0 Å². The van der Waals surface area contributed by atoms with E-state index in [9.17, 15) is 0 Å². The highest BCUT2D eigenvalue weighted by molar-refractivity contribution is 8.00. The molecule has 8 heteroatoms. The summed E-state index contributed by atoms with van der Waals surface area (Å²) in [6, 6.07) is 0. The molecule has 2 aromatic heterocycles. The van der Waals surface area contributed by atoms with Gasteiger partial charge in [0.25, 0.3) is 0 Å². The van der Waals surface area contributed by atoms with Crippen molar-refractivity contribution in [2.24, 2.45) is 0 Å². The van der Waals surface area contributed by atoms with Crippen LogP contribution in [-0.2, 0) is 12.2 Å². The number of thioether (sulfide) groups is 1. The van der Waals surface area contributed by atoms with E-state index in [1.165, 1.54) is 11.3 Å². The molecular formula is C9H13N5OS2. The van der Waals surface area contributed by atoms with Crippen molar-refractivity contribution in [1.29, 1.82) is 0 Å². The number of nitrogens with one attached hydrogen (secondary N) is 1. The summed E-state index contributed by atoms with van der Waals surface area (Å²) in [5, 5.41) is 15.9. The normalized spacial score (nSPS) is 10.7. The first-order chi connectivity index (χ1) is 8.31. The van der Waals surface area contributed by atoms with Gasteiger partial charge in [0.1, 0.15) is 0 Å². The van der Waals surface area contributed by atoms with Gasteiger partial charge in [0.2, 0.25) is 11.0 Å². The Hall–Kier alpha value is -1.15. The van der Waals surface area contributed by atoms with Crippen LogP contribution < -0.4 is 5.32 Å². The highest BCUT2D eigenvalue weighted by atomic mass is 32.2. The van der Waals surface area contributed by atoms with Crippen molar-refractivity contribution < 1.29 is 4.52 Å². The summed E-state index contributed by atoms with van der Waals surface area (Å²) in [4.78, 5) is 4.23. The minimum Gasteiger partial charge on any atom is -0.360 e. The van der Waals surface area contributed by atoms with E-state index in [4.69, 9.17) is 4.52 Å². The van der Waals surface area contributed by atoms with Gasteiger partial charge in [-0.1, -0.05) is 35.2 Å². The standard InChI is InChI=1S/C9H13N5OS2/c1-3-6-11-7(15-14-6)5-16-9-13-12-8(17-9)10-4-2/h3-5H2,1-2H3,(H,10,12). The van der Waals surface area contributed by atoms with E-state index < -0.39 is 0 Å². The molecule has 0 radical (unpaired) electrons. The van der Waals surface area contributed by atoms with E-state index in [1.54, 1.807) is 11.8 Å². The topological polar surface area (TPSA) is 76.7 Å². The van der Waals surface area contributed by atoms with Crippen LogP contribution in [-0.4, -0.2) is 26.9 Å². The number of anilines is 1. The summed E-state index contributed by atoms with van der Waals surface area (Å²) in [7, 11) is 0. The third-order valence-corrected chi connectivity index (χ3v) is 3.88. The first-order valence-corrected chi connectivity index (χ1v) is 7.13. The molecule has 2 heterocycles. The molecule has 0 saturated heterocycles. The second kappa shape index (κ2) is 5.97. The molecule has 0 amide bonds. The summed E-state index contributed by atoms with van der Waals surface area (Å²) < 4.78 is 5.99. The summed E-state index contributed by atoms with van der Waals surface area (Å²) in [6.07, 6.45) is 0.789. The number of hydrogen-bond donors (Lipinski definition) is 1. The Bertz CT molecular complexity index is 469. The number of hydrogen-bond acceptors (Lipinski definition) is 8. The molecule has 1 N–H and O–H groups in total. The highest BCUT2D eigenvalue weighted by Crippen LogP contribution is 2.27. The van der Waals surface area contributed by atoms with Crippen LogP contribution in [0.5, 0.6) is 0 Å². The lowest BCUT2D eigenvalue weighted by atomic mass is 10.5. The van der Waals surface area contributed by atoms with Gasteiger partial charge >= 0.3 is 0 Å². The van der Waals surface area contributed by atoms with Gasteiger partial charge in [-0.3, -0.25) is 0 Å². The third kappa shape index (κ3) is 3.40. The lowest BCUT2D eigenvalue weighted by molar-refractivity contribution is 0.385. The molecule has 0 aliphatic heterocycles. The molecule has 0 fully saturated rings. The number of aryl methyl sites for hydroxylation is 1. The average molecular weight is 271 g/mol. The first-order valence-electron chi connectivity index (χ1n) is 5.33. The van der Waals surface area contributed by atoms with E-state index in [0.717, 1.165) is 28.3 Å². The van der Waals surface area contributed by atoms with Crippen molar-refractivity contribution >= 4 is 28.2 Å². The zero-order valence-corrected chi connectivity index (χ0v) is 11.3. The number of aromatic nitrogens is 4. The Balaban J connectivity index is 1.88. The van der Waals surface area contributed by atoms with Crippen LogP contribution in [0, 0.1) is 0 Å². The van der Waals surface area contributed by atoms with E-state index in [-0.39, 0.29) is 0 Å². The maximum absolute atomic E-state index is 5.09. The number of rotatable bonds is 6. The van der Waals surface area contributed by atoms with E-state index >= 15 is 0 Å². The second-order valence-corrected chi connectivity index (χ2v) is 5.35. The molecular weight excluding hydrogens is 258 g/mol. The van der Waals surface area contributed by atoms with Crippen molar-refractivity contribution in [2.45, 2.75) is 30.4 Å². The Kier molecular flexibility index (Phi) is 4.32. The molecule has 0 bridgehead atoms. The fraction of sp³-hybridized carbons (Fsp3) is 0.556. The van der Waals surface area contributed by atoms with Crippen LogP contribution >= 0.6 is 23.1 Å². The molecule has 0 aromatic carbocycles. The molecule has 0 unspecified atom stereocenters. The maximum Gasteiger partial charge on any atom is 0.237 e. The van der Waals surface area contributed by atoms with Gasteiger partial charge in [0.15, 0.2) is 10.2 Å². The minimum atomic E-state index is 0.632. The summed E-state index contributed by atoms with van der Waals surface area (Å²) in [5.74, 6) is 2.01. The van der Waals surface area contributed by atoms with Crippen molar-refractivity contribution in [3.63, 3.8) is 0 Å². The number of nitrogens with zero attached hydrogens (tertiary/aromatic N) is 4. The van der Waals surface area contributed by atoms with Crippen LogP contribution in [0.15, 0.2) is 8.86 Å². The van der Waals surface area contributed by atoms with E-state index in [0.29, 0.717) is 11.6 Å². The molecule has 0 aliphatic carbocycles. The Morgan fingerprint density at radius 2 is 2.24 bits per heavy atom. The van der Waals surface area contributed by atoms with E-state index in [1.807, 2.05) is 13.8 Å². The Labute approximate surface area is 107 Å². The second-order valence-electron chi connectivity index (χ2n) is 3.15. The monoisotopic (exact) mass is 271 g/mol. The molecule has 17 heavy (non-hydrogen) atoms. The van der Waals surface area contributed by atoms with Crippen molar-refractivity contribution in [2.75, 3.05) is 11.9 Å². The summed E-state index contributed by atoms with van der Waals surface area (Å²) in [5.41, 5.74) is 0. The van der Waals surface area contributed by atoms with Crippen LogP contribution in [0.3, 0.4) is 0 Å². The first kappa shape index (κ1) is 12.3. The highest BCUT2D eigenvalue weighted by Gasteiger charge is 2.08. The molecule has 2 rings (SSSR count). The van der Waals surface area contributed by atoms with Gasteiger partial charge in [-0.15, -0.1) is 10.2 Å². The van der Waals surface area contributed by atoms with Crippen LogP contribution in [0.4, 0.5) is 5.13 Å². The Morgan fingerprint density at radius 3 is 2.94 bits per heavy atom. The van der Waals surface area contributed by atoms with Gasteiger partial charge in [-0.05, 0) is 6.92 Å². The van der Waals surface area contributed by atoms with Gasteiger partial charge in [0.05, 0.1) is 5.75 Å². The lowest BCUT2D eigenvalue weighted by Crippen LogP contribution is -1.94. The quantitative estimate of drug-likeness (QED) is 0.807. The zero-order valence-electron chi connectivity index (χ0n) is 9.63. The van der Waals surface area contributed by atoms with E-state index in [2.05, 4.69) is 25.7 Å². The summed E-state index contributed by atoms with van der Waals surface area (Å²) >= 11 is 3.08. The molecule has 2 aromatic rings. The molecule has 6 nitrogen and oxygen atoms in total. The maximum atomic E-state index is 5.09. The zero-order chi connectivity index (χ0) is 12.1. The minimum absolute atomic E-state index is 0.632. The van der Waals surface area contributed by atoms with Crippen molar-refractivity contribution in [3.8, 4) is 0 Å². The SMILES string of the molecule is CCNc1nnc(SCc2nc(CC)no2)s1. The predicted molar refractivity (Wildman–Crippen MR) is 67.3 cm³/mol. The van der Waals surface area contributed by atoms with Gasteiger partial charge < -0.3 is 9.84 Å². The Morgan fingerprint density at radius 1 is 1.35 bits per heavy atom. The fourth-order valence-electron chi connectivity index (χ4n) is 1.11. The predicted octanol–water partition coefficient (Wildman–Crippen LogP) is 2.21. The fourth-order valence-corrected chi connectivity index (χ4v) is 2.76. The molecule has 92 valence electrons. The summed E-state index contributed by atoms with van der Waals surface area (Å²) in [6.45, 7) is 4.87. The average Bonchev–Trinajstić information content (AvgIpc) is 2.95. The van der Waals surface area contributed by atoms with Crippen molar-refractivity contribution in [3.05, 3.63) is 11.7 Å². The lowest BCUT2D eigenvalue weighted by Gasteiger charge is -1.91. The molecule has 0 aliphatic rings. The van der Waals surface area contributed by atoms with Gasteiger partial charge in [0, 0.05) is 13.0 Å². The smallest absolute Gasteiger partial charge is 0.237 e. The molecule has 0 saturated carbocycles.